The fourth-order valence-electron chi connectivity index (χ4n) is 1.28. The van der Waals surface area contributed by atoms with Crippen molar-refractivity contribution < 1.29 is 13.6 Å². The molecule has 0 saturated heterocycles. The minimum atomic E-state index is -0.944. The molecule has 0 fully saturated rings. The number of carbonyl (C=O) groups is 1. The Morgan fingerprint density at radius 1 is 1.38 bits per heavy atom. The quantitative estimate of drug-likeness (QED) is 0.823. The maximum Gasteiger partial charge on any atom is 0.237 e. The molecule has 1 amide bonds. The van der Waals surface area contributed by atoms with Crippen LogP contribution in [0, 0.1) is 11.6 Å². The van der Waals surface area contributed by atoms with Crippen LogP contribution in [-0.4, -0.2) is 11.9 Å². The number of halogens is 2. The van der Waals surface area contributed by atoms with Crippen LogP contribution in [0.2, 0.25) is 0 Å². The standard InChI is InChI=1S/C11H14F2N2O/c1-6(14)11(16)15-7(2)8-4-3-5-9(12)10(8)13/h3-7H,14H2,1-2H3,(H,15,16). The third kappa shape index (κ3) is 2.76. The Hall–Kier alpha value is -1.49. The van der Waals surface area contributed by atoms with Crippen LogP contribution >= 0.6 is 0 Å². The largest absolute Gasteiger partial charge is 0.348 e. The third-order valence-electron chi connectivity index (χ3n) is 2.22. The summed E-state index contributed by atoms with van der Waals surface area (Å²) in [6, 6.07) is 2.54. The molecule has 1 aromatic carbocycles. The smallest absolute Gasteiger partial charge is 0.237 e. The van der Waals surface area contributed by atoms with E-state index in [1.165, 1.54) is 19.1 Å². The van der Waals surface area contributed by atoms with Gasteiger partial charge in [-0.05, 0) is 19.9 Å². The highest BCUT2D eigenvalue weighted by Crippen LogP contribution is 2.18. The van der Waals surface area contributed by atoms with Crippen molar-refractivity contribution in [2.75, 3.05) is 0 Å². The average molecular weight is 228 g/mol. The van der Waals surface area contributed by atoms with E-state index in [0.717, 1.165) is 6.07 Å². The van der Waals surface area contributed by atoms with Gasteiger partial charge in [-0.25, -0.2) is 8.78 Å². The van der Waals surface area contributed by atoms with Crippen LogP contribution in [0.15, 0.2) is 18.2 Å². The Balaban J connectivity index is 2.85. The molecule has 1 rings (SSSR count). The second-order valence-corrected chi connectivity index (χ2v) is 3.66. The Labute approximate surface area is 92.6 Å². The zero-order valence-corrected chi connectivity index (χ0v) is 9.13. The average Bonchev–Trinajstić information content (AvgIpc) is 2.21. The van der Waals surface area contributed by atoms with Gasteiger partial charge in [-0.15, -0.1) is 0 Å². The molecule has 0 aliphatic heterocycles. The molecule has 0 spiro atoms. The minimum Gasteiger partial charge on any atom is -0.348 e. The topological polar surface area (TPSA) is 55.1 Å². The molecule has 16 heavy (non-hydrogen) atoms. The lowest BCUT2D eigenvalue weighted by molar-refractivity contribution is -0.122. The molecule has 0 bridgehead atoms. The van der Waals surface area contributed by atoms with E-state index in [-0.39, 0.29) is 5.56 Å². The van der Waals surface area contributed by atoms with E-state index in [9.17, 15) is 13.6 Å². The molecule has 0 heterocycles. The van der Waals surface area contributed by atoms with Gasteiger partial charge >= 0.3 is 0 Å². The maximum absolute atomic E-state index is 13.3. The van der Waals surface area contributed by atoms with Crippen LogP contribution in [0.4, 0.5) is 8.78 Å². The molecule has 3 N–H and O–H groups in total. The summed E-state index contributed by atoms with van der Waals surface area (Å²) in [5.41, 5.74) is 5.46. The molecule has 1 aromatic rings. The summed E-state index contributed by atoms with van der Waals surface area (Å²) in [5.74, 6) is -2.28. The Morgan fingerprint density at radius 3 is 2.56 bits per heavy atom. The summed E-state index contributed by atoms with van der Waals surface area (Å²) >= 11 is 0. The van der Waals surface area contributed by atoms with Gasteiger partial charge in [0.25, 0.3) is 0 Å². The van der Waals surface area contributed by atoms with Crippen molar-refractivity contribution in [3.05, 3.63) is 35.4 Å². The lowest BCUT2D eigenvalue weighted by Gasteiger charge is -2.16. The Morgan fingerprint density at radius 2 is 2.00 bits per heavy atom. The fourth-order valence-corrected chi connectivity index (χ4v) is 1.28. The zero-order valence-electron chi connectivity index (χ0n) is 9.13. The van der Waals surface area contributed by atoms with Gasteiger partial charge in [0.1, 0.15) is 0 Å². The predicted molar refractivity (Wildman–Crippen MR) is 56.6 cm³/mol. The van der Waals surface area contributed by atoms with Gasteiger partial charge in [-0.2, -0.15) is 0 Å². The van der Waals surface area contributed by atoms with Crippen molar-refractivity contribution in [3.8, 4) is 0 Å². The number of hydrogen-bond acceptors (Lipinski definition) is 2. The van der Waals surface area contributed by atoms with Gasteiger partial charge in [-0.3, -0.25) is 4.79 Å². The number of rotatable bonds is 3. The van der Waals surface area contributed by atoms with Crippen LogP contribution in [0.1, 0.15) is 25.5 Å². The van der Waals surface area contributed by atoms with Crippen LogP contribution in [0.5, 0.6) is 0 Å². The zero-order chi connectivity index (χ0) is 12.3. The van der Waals surface area contributed by atoms with Gasteiger partial charge in [0.05, 0.1) is 12.1 Å². The molecule has 88 valence electrons. The van der Waals surface area contributed by atoms with E-state index in [2.05, 4.69) is 5.32 Å². The van der Waals surface area contributed by atoms with Crippen LogP contribution in [0.3, 0.4) is 0 Å². The highest BCUT2D eigenvalue weighted by atomic mass is 19.2. The number of nitrogens with two attached hydrogens (primary N) is 1. The molecule has 5 heteroatoms. The van der Waals surface area contributed by atoms with Crippen molar-refractivity contribution in [1.29, 1.82) is 0 Å². The van der Waals surface area contributed by atoms with E-state index in [1.807, 2.05) is 0 Å². The SMILES string of the molecule is CC(N)C(=O)NC(C)c1cccc(F)c1F. The number of hydrogen-bond donors (Lipinski definition) is 2. The lowest BCUT2D eigenvalue weighted by Crippen LogP contribution is -2.39. The summed E-state index contributed by atoms with van der Waals surface area (Å²) in [6.07, 6.45) is 0. The minimum absolute atomic E-state index is 0.106. The first kappa shape index (κ1) is 12.6. The molecule has 0 radical (unpaired) electrons. The molecular weight excluding hydrogens is 214 g/mol. The second-order valence-electron chi connectivity index (χ2n) is 3.66. The number of benzene rings is 1. The summed E-state index contributed by atoms with van der Waals surface area (Å²) in [4.78, 5) is 11.3. The molecular formula is C11H14F2N2O. The number of carbonyl (C=O) groups excluding carboxylic acids is 1. The lowest BCUT2D eigenvalue weighted by atomic mass is 10.1. The van der Waals surface area contributed by atoms with E-state index < -0.39 is 29.6 Å². The van der Waals surface area contributed by atoms with E-state index in [0.29, 0.717) is 0 Å². The Kier molecular flexibility index (Phi) is 3.95. The second kappa shape index (κ2) is 5.03. The van der Waals surface area contributed by atoms with Crippen molar-refractivity contribution in [3.63, 3.8) is 0 Å². The first-order valence-corrected chi connectivity index (χ1v) is 4.93. The van der Waals surface area contributed by atoms with Crippen LogP contribution in [-0.2, 0) is 4.79 Å². The molecule has 0 aromatic heterocycles. The van der Waals surface area contributed by atoms with Crippen LogP contribution in [0.25, 0.3) is 0 Å². The van der Waals surface area contributed by atoms with Crippen molar-refractivity contribution >= 4 is 5.91 Å². The first-order valence-electron chi connectivity index (χ1n) is 4.93. The normalized spacial score (nSPS) is 14.3. The van der Waals surface area contributed by atoms with Gasteiger partial charge in [0.2, 0.25) is 5.91 Å². The predicted octanol–water partition coefficient (Wildman–Crippen LogP) is 1.49. The molecule has 3 nitrogen and oxygen atoms in total. The summed E-state index contributed by atoms with van der Waals surface area (Å²) in [5, 5.41) is 2.49. The van der Waals surface area contributed by atoms with Crippen molar-refractivity contribution in [2.24, 2.45) is 5.73 Å². The summed E-state index contributed by atoms with van der Waals surface area (Å²) < 4.78 is 26.3. The number of nitrogens with one attached hydrogen (secondary N) is 1. The maximum atomic E-state index is 13.3. The Bertz CT molecular complexity index is 394. The molecule has 0 aliphatic rings. The van der Waals surface area contributed by atoms with E-state index in [4.69, 9.17) is 5.73 Å². The van der Waals surface area contributed by atoms with Crippen LogP contribution < -0.4 is 11.1 Å². The fraction of sp³-hybridized carbons (Fsp3) is 0.364. The van der Waals surface area contributed by atoms with Gasteiger partial charge in [-0.1, -0.05) is 12.1 Å². The molecule has 2 atom stereocenters. The van der Waals surface area contributed by atoms with E-state index >= 15 is 0 Å². The summed E-state index contributed by atoms with van der Waals surface area (Å²) in [6.45, 7) is 3.09. The third-order valence-corrected chi connectivity index (χ3v) is 2.22. The highest BCUT2D eigenvalue weighted by molar-refractivity contribution is 5.81. The van der Waals surface area contributed by atoms with E-state index in [1.54, 1.807) is 6.92 Å². The van der Waals surface area contributed by atoms with Gasteiger partial charge < -0.3 is 11.1 Å². The molecule has 0 aliphatic carbocycles. The van der Waals surface area contributed by atoms with Gasteiger partial charge in [0, 0.05) is 5.56 Å². The van der Waals surface area contributed by atoms with Crippen molar-refractivity contribution in [2.45, 2.75) is 25.9 Å². The highest BCUT2D eigenvalue weighted by Gasteiger charge is 2.17. The first-order chi connectivity index (χ1) is 7.43. The van der Waals surface area contributed by atoms with Crippen molar-refractivity contribution in [1.82, 2.24) is 5.32 Å². The number of amides is 1. The molecule has 0 saturated carbocycles. The van der Waals surface area contributed by atoms with Gasteiger partial charge in [0.15, 0.2) is 11.6 Å². The molecule has 2 unspecified atom stereocenters. The summed E-state index contributed by atoms with van der Waals surface area (Å²) in [7, 11) is 0. The monoisotopic (exact) mass is 228 g/mol.